The average molecular weight is 274 g/mol. The molecule has 4 nitrogen and oxygen atoms in total. The molecule has 0 fully saturated rings. The van der Waals surface area contributed by atoms with E-state index < -0.39 is 17.6 Å². The predicted octanol–water partition coefficient (Wildman–Crippen LogP) is 2.91. The summed E-state index contributed by atoms with van der Waals surface area (Å²) in [6, 6.07) is 5.83. The molecule has 0 aliphatic carbocycles. The van der Waals surface area contributed by atoms with E-state index in [2.05, 4.69) is 4.98 Å². The molecule has 0 bridgehead atoms. The molecule has 0 saturated carbocycles. The number of hydrogen-bond donors (Lipinski definition) is 1. The van der Waals surface area contributed by atoms with Gasteiger partial charge in [0.1, 0.15) is 23.4 Å². The second-order valence-electron chi connectivity index (χ2n) is 4.06. The Labute approximate surface area is 112 Å². The maximum absolute atomic E-state index is 13.8. The number of aromatic carboxylic acids is 1. The Morgan fingerprint density at radius 2 is 2.00 bits per heavy atom. The Kier molecular flexibility index (Phi) is 3.44. The zero-order valence-electron chi connectivity index (χ0n) is 10.3. The normalized spacial score (nSPS) is 10.1. The molecule has 1 N–H and O–H groups in total. The van der Waals surface area contributed by atoms with Crippen molar-refractivity contribution in [3.05, 3.63) is 52.9 Å². The summed E-state index contributed by atoms with van der Waals surface area (Å²) in [4.78, 5) is 14.7. The lowest BCUT2D eigenvalue weighted by Crippen LogP contribution is -2.05. The van der Waals surface area contributed by atoms with Gasteiger partial charge in [-0.2, -0.15) is 5.26 Å². The summed E-state index contributed by atoms with van der Waals surface area (Å²) in [5, 5.41) is 18.1. The number of rotatable bonds is 2. The largest absolute Gasteiger partial charge is 0.477 e. The Bertz CT molecular complexity index is 752. The van der Waals surface area contributed by atoms with Crippen LogP contribution in [-0.4, -0.2) is 16.1 Å². The highest BCUT2D eigenvalue weighted by Gasteiger charge is 2.17. The number of carboxylic acids is 1. The highest BCUT2D eigenvalue weighted by Crippen LogP contribution is 2.28. The molecule has 0 atom stereocenters. The van der Waals surface area contributed by atoms with Crippen molar-refractivity contribution in [3.63, 3.8) is 0 Å². The van der Waals surface area contributed by atoms with Gasteiger partial charge in [0.15, 0.2) is 0 Å². The lowest BCUT2D eigenvalue weighted by molar-refractivity contribution is 0.0690. The number of aryl methyl sites for hydroxylation is 1. The van der Waals surface area contributed by atoms with Crippen LogP contribution in [-0.2, 0) is 0 Å². The van der Waals surface area contributed by atoms with Gasteiger partial charge in [-0.1, -0.05) is 0 Å². The molecule has 0 aliphatic heterocycles. The topological polar surface area (TPSA) is 74.0 Å². The van der Waals surface area contributed by atoms with Crippen LogP contribution in [0.1, 0.15) is 21.7 Å². The Balaban J connectivity index is 2.78. The summed E-state index contributed by atoms with van der Waals surface area (Å²) in [6.07, 6.45) is 0. The lowest BCUT2D eigenvalue weighted by Gasteiger charge is -2.09. The van der Waals surface area contributed by atoms with Crippen LogP contribution in [0.2, 0.25) is 0 Å². The summed E-state index contributed by atoms with van der Waals surface area (Å²) in [5.74, 6) is -2.92. The van der Waals surface area contributed by atoms with Gasteiger partial charge >= 0.3 is 5.97 Å². The molecule has 0 saturated heterocycles. The first-order valence-electron chi connectivity index (χ1n) is 5.54. The van der Waals surface area contributed by atoms with Gasteiger partial charge in [-0.25, -0.2) is 18.6 Å². The molecule has 2 rings (SSSR count). The van der Waals surface area contributed by atoms with Crippen molar-refractivity contribution in [1.29, 1.82) is 5.26 Å². The minimum atomic E-state index is -1.29. The SMILES string of the molecule is Cc1nc(C(=O)O)cc(-c2ccc(F)cc2F)c1C#N. The van der Waals surface area contributed by atoms with Crippen molar-refractivity contribution in [3.8, 4) is 17.2 Å². The zero-order valence-corrected chi connectivity index (χ0v) is 10.3. The molecular formula is C14H8F2N2O2. The van der Waals surface area contributed by atoms with Crippen molar-refractivity contribution in [1.82, 2.24) is 4.98 Å². The standard InChI is InChI=1S/C14H8F2N2O2/c1-7-11(6-17)10(5-13(18-7)14(19)20)9-3-2-8(15)4-12(9)16/h2-5H,1H3,(H,19,20). The van der Waals surface area contributed by atoms with E-state index in [1.165, 1.54) is 6.92 Å². The number of carboxylic acid groups (broad SMARTS) is 1. The van der Waals surface area contributed by atoms with Gasteiger partial charge in [0.25, 0.3) is 0 Å². The molecule has 20 heavy (non-hydrogen) atoms. The van der Waals surface area contributed by atoms with Crippen molar-refractivity contribution >= 4 is 5.97 Å². The predicted molar refractivity (Wildman–Crippen MR) is 66.0 cm³/mol. The first-order chi connectivity index (χ1) is 9.43. The van der Waals surface area contributed by atoms with Crippen LogP contribution in [0.5, 0.6) is 0 Å². The fraction of sp³-hybridized carbons (Fsp3) is 0.0714. The number of aromatic nitrogens is 1. The van der Waals surface area contributed by atoms with E-state index in [1.54, 1.807) is 0 Å². The third kappa shape index (κ3) is 2.34. The number of benzene rings is 1. The number of halogens is 2. The molecular weight excluding hydrogens is 266 g/mol. The van der Waals surface area contributed by atoms with Gasteiger partial charge in [0.05, 0.1) is 11.3 Å². The summed E-state index contributed by atoms with van der Waals surface area (Å²) in [7, 11) is 0. The van der Waals surface area contributed by atoms with E-state index in [-0.39, 0.29) is 28.1 Å². The molecule has 0 radical (unpaired) electrons. The Morgan fingerprint density at radius 1 is 1.30 bits per heavy atom. The van der Waals surface area contributed by atoms with Crippen LogP contribution in [0, 0.1) is 29.9 Å². The third-order valence-electron chi connectivity index (χ3n) is 2.75. The van der Waals surface area contributed by atoms with E-state index >= 15 is 0 Å². The molecule has 1 aromatic heterocycles. The van der Waals surface area contributed by atoms with Crippen LogP contribution in [0.15, 0.2) is 24.3 Å². The number of pyridine rings is 1. The molecule has 100 valence electrons. The summed E-state index contributed by atoms with van der Waals surface area (Å²) in [5.41, 5.74) is -0.0438. The van der Waals surface area contributed by atoms with Crippen molar-refractivity contribution in [2.45, 2.75) is 6.92 Å². The smallest absolute Gasteiger partial charge is 0.354 e. The van der Waals surface area contributed by atoms with Gasteiger partial charge in [-0.15, -0.1) is 0 Å². The van der Waals surface area contributed by atoms with Crippen molar-refractivity contribution in [2.75, 3.05) is 0 Å². The highest BCUT2D eigenvalue weighted by atomic mass is 19.1. The van der Waals surface area contributed by atoms with Gasteiger partial charge in [-0.3, -0.25) is 0 Å². The lowest BCUT2D eigenvalue weighted by atomic mass is 9.98. The summed E-state index contributed by atoms with van der Waals surface area (Å²) >= 11 is 0. The van der Waals surface area contributed by atoms with Crippen LogP contribution in [0.25, 0.3) is 11.1 Å². The second-order valence-corrected chi connectivity index (χ2v) is 4.06. The van der Waals surface area contributed by atoms with Gasteiger partial charge in [0, 0.05) is 17.2 Å². The summed E-state index contributed by atoms with van der Waals surface area (Å²) < 4.78 is 26.7. The third-order valence-corrected chi connectivity index (χ3v) is 2.75. The molecule has 0 amide bonds. The highest BCUT2D eigenvalue weighted by molar-refractivity contribution is 5.88. The van der Waals surface area contributed by atoms with E-state index in [0.29, 0.717) is 6.07 Å². The first-order valence-corrected chi connectivity index (χ1v) is 5.54. The second kappa shape index (κ2) is 5.05. The molecule has 0 unspecified atom stereocenters. The quantitative estimate of drug-likeness (QED) is 0.913. The Hall–Kier alpha value is -2.81. The maximum atomic E-state index is 13.8. The zero-order chi connectivity index (χ0) is 14.9. The fourth-order valence-corrected chi connectivity index (χ4v) is 1.84. The molecule has 0 spiro atoms. The molecule has 1 heterocycles. The molecule has 0 aliphatic rings. The van der Waals surface area contributed by atoms with E-state index in [1.807, 2.05) is 6.07 Å². The van der Waals surface area contributed by atoms with Crippen LogP contribution >= 0.6 is 0 Å². The average Bonchev–Trinajstić information content (AvgIpc) is 2.37. The molecule has 6 heteroatoms. The monoisotopic (exact) mass is 274 g/mol. The van der Waals surface area contributed by atoms with Gasteiger partial charge < -0.3 is 5.11 Å². The minimum absolute atomic E-state index is 0.0454. The molecule has 2 aromatic rings. The summed E-state index contributed by atoms with van der Waals surface area (Å²) in [6.45, 7) is 1.45. The molecule has 1 aromatic carbocycles. The van der Waals surface area contributed by atoms with E-state index in [4.69, 9.17) is 10.4 Å². The van der Waals surface area contributed by atoms with E-state index in [9.17, 15) is 13.6 Å². The van der Waals surface area contributed by atoms with E-state index in [0.717, 1.165) is 18.2 Å². The number of nitriles is 1. The van der Waals surface area contributed by atoms with Crippen LogP contribution in [0.4, 0.5) is 8.78 Å². The first kappa shape index (κ1) is 13.6. The number of hydrogen-bond acceptors (Lipinski definition) is 3. The van der Waals surface area contributed by atoms with Crippen molar-refractivity contribution < 1.29 is 18.7 Å². The maximum Gasteiger partial charge on any atom is 0.354 e. The number of carbonyl (C=O) groups is 1. The minimum Gasteiger partial charge on any atom is -0.477 e. The van der Waals surface area contributed by atoms with Crippen LogP contribution < -0.4 is 0 Å². The van der Waals surface area contributed by atoms with Gasteiger partial charge in [0.2, 0.25) is 0 Å². The van der Waals surface area contributed by atoms with Crippen LogP contribution in [0.3, 0.4) is 0 Å². The number of nitrogens with zero attached hydrogens (tertiary/aromatic N) is 2. The van der Waals surface area contributed by atoms with Crippen molar-refractivity contribution in [2.24, 2.45) is 0 Å². The van der Waals surface area contributed by atoms with Gasteiger partial charge in [-0.05, 0) is 25.1 Å². The fourth-order valence-electron chi connectivity index (χ4n) is 1.84. The Morgan fingerprint density at radius 3 is 2.55 bits per heavy atom.